The summed E-state index contributed by atoms with van der Waals surface area (Å²) in [7, 11) is 0. The second kappa shape index (κ2) is 7.04. The van der Waals surface area contributed by atoms with Crippen molar-refractivity contribution >= 4 is 27.5 Å². The number of rotatable bonds is 5. The molecule has 0 N–H and O–H groups in total. The summed E-state index contributed by atoms with van der Waals surface area (Å²) in [5.41, 5.74) is 0.744. The molecule has 0 aliphatic carbocycles. The monoisotopic (exact) mass is 329 g/mol. The molecule has 0 spiro atoms. The molecule has 0 aromatic heterocycles. The average Bonchev–Trinajstić information content (AvgIpc) is 2.32. The van der Waals surface area contributed by atoms with Crippen molar-refractivity contribution in [3.8, 4) is 0 Å². The van der Waals surface area contributed by atoms with Gasteiger partial charge in [-0.3, -0.25) is 4.79 Å². The van der Waals surface area contributed by atoms with Gasteiger partial charge < -0.3 is 4.90 Å². The van der Waals surface area contributed by atoms with Crippen LogP contribution in [0.25, 0.3) is 0 Å². The van der Waals surface area contributed by atoms with E-state index < -0.39 is 0 Å². The highest BCUT2D eigenvalue weighted by molar-refractivity contribution is 9.10. The van der Waals surface area contributed by atoms with Crippen molar-refractivity contribution < 1.29 is 9.18 Å². The van der Waals surface area contributed by atoms with E-state index in [0.29, 0.717) is 16.8 Å². The second-order valence-electron chi connectivity index (χ2n) is 5.22. The molecule has 0 aliphatic rings. The molecular formula is C15H21BrFNO. The molecule has 0 heterocycles. The zero-order valence-corrected chi connectivity index (χ0v) is 13.5. The Balaban J connectivity index is 3.09. The number of anilines is 1. The van der Waals surface area contributed by atoms with Gasteiger partial charge in [0.15, 0.2) is 0 Å². The van der Waals surface area contributed by atoms with Gasteiger partial charge in [-0.15, -0.1) is 0 Å². The lowest BCUT2D eigenvalue weighted by molar-refractivity contribution is -0.119. The van der Waals surface area contributed by atoms with Gasteiger partial charge in [-0.2, -0.15) is 0 Å². The molecule has 19 heavy (non-hydrogen) atoms. The number of amides is 1. The zero-order valence-electron chi connectivity index (χ0n) is 11.9. The number of nitrogens with zero attached hydrogens (tertiary/aromatic N) is 1. The topological polar surface area (TPSA) is 20.3 Å². The normalized spacial score (nSPS) is 12.6. The molecular weight excluding hydrogens is 309 g/mol. The van der Waals surface area contributed by atoms with Crippen LogP contribution in [-0.2, 0) is 4.79 Å². The van der Waals surface area contributed by atoms with E-state index in [9.17, 15) is 9.18 Å². The molecule has 1 aromatic carbocycles. The first-order valence-corrected chi connectivity index (χ1v) is 7.43. The predicted molar refractivity (Wildman–Crippen MR) is 80.8 cm³/mol. The fraction of sp³-hybridized carbons (Fsp3) is 0.533. The molecule has 0 saturated carbocycles. The van der Waals surface area contributed by atoms with Crippen LogP contribution in [0.15, 0.2) is 22.7 Å². The summed E-state index contributed by atoms with van der Waals surface area (Å²) in [5, 5.41) is 0. The average molecular weight is 330 g/mol. The Bertz CT molecular complexity index is 448. The maximum Gasteiger partial charge on any atom is 0.227 e. The van der Waals surface area contributed by atoms with Crippen LogP contribution in [0.5, 0.6) is 0 Å². The van der Waals surface area contributed by atoms with Gasteiger partial charge in [-0.1, -0.05) is 20.8 Å². The van der Waals surface area contributed by atoms with Crippen molar-refractivity contribution in [2.75, 3.05) is 4.90 Å². The SMILES string of the molecule is CCC(C)N(C(=O)CC(C)C)c1ccc(F)c(Br)c1. The summed E-state index contributed by atoms with van der Waals surface area (Å²) in [5.74, 6) is 0.0787. The van der Waals surface area contributed by atoms with Crippen LogP contribution in [0, 0.1) is 11.7 Å². The number of carbonyl (C=O) groups excluding carboxylic acids is 1. The minimum absolute atomic E-state index is 0.0860. The summed E-state index contributed by atoms with van der Waals surface area (Å²) in [6.07, 6.45) is 1.36. The number of carbonyl (C=O) groups is 1. The third-order valence-electron chi connectivity index (χ3n) is 3.06. The minimum Gasteiger partial charge on any atom is -0.310 e. The van der Waals surface area contributed by atoms with E-state index in [1.54, 1.807) is 17.0 Å². The first-order chi connectivity index (χ1) is 8.86. The molecule has 1 rings (SSSR count). The molecule has 4 heteroatoms. The van der Waals surface area contributed by atoms with Crippen LogP contribution < -0.4 is 4.90 Å². The first kappa shape index (κ1) is 16.2. The molecule has 0 fully saturated rings. The van der Waals surface area contributed by atoms with Crippen molar-refractivity contribution in [2.45, 2.75) is 46.6 Å². The van der Waals surface area contributed by atoms with E-state index in [1.165, 1.54) is 6.07 Å². The van der Waals surface area contributed by atoms with Gasteiger partial charge in [-0.25, -0.2) is 4.39 Å². The molecule has 2 nitrogen and oxygen atoms in total. The number of hydrogen-bond donors (Lipinski definition) is 0. The predicted octanol–water partition coefficient (Wildman–Crippen LogP) is 4.77. The van der Waals surface area contributed by atoms with Gasteiger partial charge in [0.2, 0.25) is 5.91 Å². The fourth-order valence-electron chi connectivity index (χ4n) is 1.91. The van der Waals surface area contributed by atoms with Crippen molar-refractivity contribution in [1.29, 1.82) is 0 Å². The Morgan fingerprint density at radius 3 is 2.47 bits per heavy atom. The molecule has 1 amide bonds. The molecule has 0 aliphatic heterocycles. The molecule has 106 valence electrons. The molecule has 0 saturated heterocycles. The third kappa shape index (κ3) is 4.30. The van der Waals surface area contributed by atoms with Crippen LogP contribution >= 0.6 is 15.9 Å². The van der Waals surface area contributed by atoms with E-state index in [2.05, 4.69) is 15.9 Å². The third-order valence-corrected chi connectivity index (χ3v) is 3.67. The standard InChI is InChI=1S/C15H21BrFNO/c1-5-11(4)18(15(19)8-10(2)3)12-6-7-14(17)13(16)9-12/h6-7,9-11H,5,8H2,1-4H3. The molecule has 0 bridgehead atoms. The first-order valence-electron chi connectivity index (χ1n) is 6.63. The summed E-state index contributed by atoms with van der Waals surface area (Å²) >= 11 is 3.17. The molecule has 1 aromatic rings. The number of halogens is 2. The number of hydrogen-bond acceptors (Lipinski definition) is 1. The Labute approximate surface area is 123 Å². The van der Waals surface area contributed by atoms with Gasteiger partial charge in [0.25, 0.3) is 0 Å². The fourth-order valence-corrected chi connectivity index (χ4v) is 2.28. The molecule has 1 unspecified atom stereocenters. The Hall–Kier alpha value is -0.900. The smallest absolute Gasteiger partial charge is 0.227 e. The van der Waals surface area contributed by atoms with E-state index in [1.807, 2.05) is 27.7 Å². The highest BCUT2D eigenvalue weighted by atomic mass is 79.9. The van der Waals surface area contributed by atoms with E-state index in [0.717, 1.165) is 12.1 Å². The second-order valence-corrected chi connectivity index (χ2v) is 6.07. The Morgan fingerprint density at radius 2 is 2.00 bits per heavy atom. The summed E-state index contributed by atoms with van der Waals surface area (Å²) in [4.78, 5) is 14.1. The van der Waals surface area contributed by atoms with Crippen molar-refractivity contribution in [1.82, 2.24) is 0 Å². The van der Waals surface area contributed by atoms with E-state index in [4.69, 9.17) is 0 Å². The summed E-state index contributed by atoms with van der Waals surface area (Å²) in [6.45, 7) is 8.09. The Kier molecular flexibility index (Phi) is 5.98. The van der Waals surface area contributed by atoms with Crippen LogP contribution in [0.4, 0.5) is 10.1 Å². The van der Waals surface area contributed by atoms with Crippen molar-refractivity contribution in [2.24, 2.45) is 5.92 Å². The van der Waals surface area contributed by atoms with Gasteiger partial charge in [0, 0.05) is 18.2 Å². The maximum absolute atomic E-state index is 13.3. The van der Waals surface area contributed by atoms with E-state index >= 15 is 0 Å². The quantitative estimate of drug-likeness (QED) is 0.762. The highest BCUT2D eigenvalue weighted by Crippen LogP contribution is 2.26. The zero-order chi connectivity index (χ0) is 14.6. The van der Waals surface area contributed by atoms with E-state index in [-0.39, 0.29) is 17.8 Å². The summed E-state index contributed by atoms with van der Waals surface area (Å²) in [6, 6.07) is 4.81. The lowest BCUT2D eigenvalue weighted by Gasteiger charge is -2.29. The van der Waals surface area contributed by atoms with Crippen LogP contribution in [-0.4, -0.2) is 11.9 Å². The van der Waals surface area contributed by atoms with Gasteiger partial charge in [0.1, 0.15) is 5.82 Å². The van der Waals surface area contributed by atoms with Crippen LogP contribution in [0.2, 0.25) is 0 Å². The highest BCUT2D eigenvalue weighted by Gasteiger charge is 2.22. The van der Waals surface area contributed by atoms with Crippen LogP contribution in [0.3, 0.4) is 0 Å². The van der Waals surface area contributed by atoms with Crippen LogP contribution in [0.1, 0.15) is 40.5 Å². The van der Waals surface area contributed by atoms with Gasteiger partial charge in [-0.05, 0) is 53.4 Å². The lowest BCUT2D eigenvalue weighted by Crippen LogP contribution is -2.39. The molecule has 0 radical (unpaired) electrons. The lowest BCUT2D eigenvalue weighted by atomic mass is 10.1. The maximum atomic E-state index is 13.3. The van der Waals surface area contributed by atoms with Gasteiger partial charge in [0.05, 0.1) is 4.47 Å². The van der Waals surface area contributed by atoms with Crippen molar-refractivity contribution in [3.05, 3.63) is 28.5 Å². The van der Waals surface area contributed by atoms with Crippen molar-refractivity contribution in [3.63, 3.8) is 0 Å². The minimum atomic E-state index is -0.316. The summed E-state index contributed by atoms with van der Waals surface area (Å²) < 4.78 is 13.7. The molecule has 1 atom stereocenters. The number of benzene rings is 1. The largest absolute Gasteiger partial charge is 0.310 e. The Morgan fingerprint density at radius 1 is 1.37 bits per heavy atom. The van der Waals surface area contributed by atoms with Gasteiger partial charge >= 0.3 is 0 Å².